The zero-order valence-electron chi connectivity index (χ0n) is 14.5. The molecule has 132 valence electrons. The van der Waals surface area contributed by atoms with Crippen LogP contribution in [0.15, 0.2) is 24.3 Å². The van der Waals surface area contributed by atoms with E-state index in [1.165, 1.54) is 5.56 Å². The van der Waals surface area contributed by atoms with Gasteiger partial charge in [0.2, 0.25) is 5.91 Å². The van der Waals surface area contributed by atoms with E-state index < -0.39 is 12.0 Å². The molecule has 0 aliphatic carbocycles. The summed E-state index contributed by atoms with van der Waals surface area (Å²) >= 11 is 0. The van der Waals surface area contributed by atoms with Gasteiger partial charge in [0, 0.05) is 12.5 Å². The molecule has 0 aromatic heterocycles. The molecule has 2 unspecified atom stereocenters. The smallest absolute Gasteiger partial charge is 0.326 e. The van der Waals surface area contributed by atoms with Gasteiger partial charge in [0.05, 0.1) is 13.0 Å². The maximum atomic E-state index is 12.2. The third kappa shape index (κ3) is 5.64. The fourth-order valence-electron chi connectivity index (χ4n) is 3.08. The zero-order chi connectivity index (χ0) is 17.5. The lowest BCUT2D eigenvalue weighted by Gasteiger charge is -2.28. The van der Waals surface area contributed by atoms with Crippen LogP contribution in [0.2, 0.25) is 0 Å². The molecule has 5 nitrogen and oxygen atoms in total. The van der Waals surface area contributed by atoms with Crippen LogP contribution in [0.5, 0.6) is 0 Å². The highest BCUT2D eigenvalue weighted by Crippen LogP contribution is 2.18. The van der Waals surface area contributed by atoms with Crippen molar-refractivity contribution in [3.05, 3.63) is 35.4 Å². The van der Waals surface area contributed by atoms with E-state index in [1.54, 1.807) is 0 Å². The molecule has 1 aliphatic heterocycles. The average Bonchev–Trinajstić information content (AvgIpc) is 2.54. The topological polar surface area (TPSA) is 75.6 Å². The first-order chi connectivity index (χ1) is 11.5. The van der Waals surface area contributed by atoms with Crippen molar-refractivity contribution in [2.45, 2.75) is 45.6 Å². The molecule has 1 aromatic carbocycles. The third-order valence-electron chi connectivity index (χ3n) is 4.28. The fourth-order valence-corrected chi connectivity index (χ4v) is 3.08. The molecule has 2 N–H and O–H groups in total. The molecule has 1 aromatic rings. The molecule has 5 heteroatoms. The van der Waals surface area contributed by atoms with E-state index in [2.05, 4.69) is 19.2 Å². The fraction of sp³-hybridized carbons (Fsp3) is 0.579. The van der Waals surface area contributed by atoms with Crippen molar-refractivity contribution in [3.63, 3.8) is 0 Å². The van der Waals surface area contributed by atoms with Crippen molar-refractivity contribution in [1.29, 1.82) is 0 Å². The number of carboxylic acid groups (broad SMARTS) is 1. The van der Waals surface area contributed by atoms with Crippen LogP contribution in [0.3, 0.4) is 0 Å². The normalized spacial score (nSPS) is 19.0. The largest absolute Gasteiger partial charge is 0.480 e. The number of ether oxygens (including phenoxy) is 1. The maximum Gasteiger partial charge on any atom is 0.326 e. The van der Waals surface area contributed by atoms with Gasteiger partial charge in [0.1, 0.15) is 6.04 Å². The van der Waals surface area contributed by atoms with Gasteiger partial charge in [-0.25, -0.2) is 4.79 Å². The molecule has 1 amide bonds. The second-order valence-electron chi connectivity index (χ2n) is 6.95. The van der Waals surface area contributed by atoms with E-state index in [1.807, 2.05) is 24.3 Å². The molecule has 0 radical (unpaired) electrons. The first-order valence-electron chi connectivity index (χ1n) is 8.63. The van der Waals surface area contributed by atoms with Gasteiger partial charge in [-0.2, -0.15) is 0 Å². The molecule has 1 heterocycles. The van der Waals surface area contributed by atoms with Crippen molar-refractivity contribution in [1.82, 2.24) is 5.32 Å². The number of hydrogen-bond donors (Lipinski definition) is 2. The molecular weight excluding hydrogens is 306 g/mol. The van der Waals surface area contributed by atoms with Crippen LogP contribution < -0.4 is 5.32 Å². The molecular formula is C19H27NO4. The molecule has 24 heavy (non-hydrogen) atoms. The van der Waals surface area contributed by atoms with E-state index in [-0.39, 0.29) is 18.2 Å². The number of benzene rings is 1. The number of nitrogens with one attached hydrogen (secondary N) is 1. The van der Waals surface area contributed by atoms with Gasteiger partial charge in [-0.3, -0.25) is 4.79 Å². The Kier molecular flexibility index (Phi) is 6.79. The molecule has 0 spiro atoms. The van der Waals surface area contributed by atoms with Crippen molar-refractivity contribution in [2.24, 2.45) is 11.8 Å². The Bertz CT molecular complexity index is 547. The van der Waals surface area contributed by atoms with Crippen LogP contribution in [0.1, 0.15) is 37.8 Å². The highest BCUT2D eigenvalue weighted by Gasteiger charge is 2.31. The minimum Gasteiger partial charge on any atom is -0.480 e. The summed E-state index contributed by atoms with van der Waals surface area (Å²) in [6.07, 6.45) is 2.80. The van der Waals surface area contributed by atoms with Crippen LogP contribution in [0.4, 0.5) is 0 Å². The molecule has 1 saturated heterocycles. The van der Waals surface area contributed by atoms with Crippen LogP contribution in [-0.2, 0) is 27.2 Å². The Hall–Kier alpha value is -1.88. The number of carbonyl (C=O) groups excluding carboxylic acids is 1. The number of carbonyl (C=O) groups is 2. The van der Waals surface area contributed by atoms with E-state index >= 15 is 0 Å². The average molecular weight is 333 g/mol. The minimum absolute atomic E-state index is 0.159. The van der Waals surface area contributed by atoms with Crippen molar-refractivity contribution < 1.29 is 19.4 Å². The van der Waals surface area contributed by atoms with E-state index in [9.17, 15) is 14.7 Å². The SMILES string of the molecule is CC(C)Cc1ccc(CC(=O)NC(C(=O)O)C2CCCOC2)cc1. The van der Waals surface area contributed by atoms with E-state index in [4.69, 9.17) is 4.74 Å². The van der Waals surface area contributed by atoms with Gasteiger partial charge in [-0.15, -0.1) is 0 Å². The number of amides is 1. The van der Waals surface area contributed by atoms with Gasteiger partial charge >= 0.3 is 5.97 Å². The molecule has 1 fully saturated rings. The first kappa shape index (κ1) is 18.5. The highest BCUT2D eigenvalue weighted by atomic mass is 16.5. The Balaban J connectivity index is 1.91. The van der Waals surface area contributed by atoms with Crippen LogP contribution in [-0.4, -0.2) is 36.2 Å². The second kappa shape index (κ2) is 8.83. The maximum absolute atomic E-state index is 12.2. The quantitative estimate of drug-likeness (QED) is 0.803. The van der Waals surface area contributed by atoms with Crippen LogP contribution in [0.25, 0.3) is 0 Å². The number of carboxylic acids is 1. The molecule has 0 saturated carbocycles. The third-order valence-corrected chi connectivity index (χ3v) is 4.28. The summed E-state index contributed by atoms with van der Waals surface area (Å²) in [5, 5.41) is 12.1. The van der Waals surface area contributed by atoms with Gasteiger partial charge < -0.3 is 15.2 Å². The van der Waals surface area contributed by atoms with Gasteiger partial charge in [-0.05, 0) is 36.3 Å². The monoisotopic (exact) mass is 333 g/mol. The Morgan fingerprint density at radius 2 is 1.92 bits per heavy atom. The predicted molar refractivity (Wildman–Crippen MR) is 91.8 cm³/mol. The number of hydrogen-bond acceptors (Lipinski definition) is 3. The molecule has 2 rings (SSSR count). The van der Waals surface area contributed by atoms with Gasteiger partial charge in [0.25, 0.3) is 0 Å². The Labute approximate surface area is 143 Å². The van der Waals surface area contributed by atoms with Crippen molar-refractivity contribution in [3.8, 4) is 0 Å². The highest BCUT2D eigenvalue weighted by molar-refractivity contribution is 5.85. The zero-order valence-corrected chi connectivity index (χ0v) is 14.5. The molecule has 2 atom stereocenters. The van der Waals surface area contributed by atoms with Crippen LogP contribution >= 0.6 is 0 Å². The van der Waals surface area contributed by atoms with Gasteiger partial charge in [-0.1, -0.05) is 38.1 Å². The summed E-state index contributed by atoms with van der Waals surface area (Å²) in [5.41, 5.74) is 2.14. The summed E-state index contributed by atoms with van der Waals surface area (Å²) in [4.78, 5) is 23.7. The summed E-state index contributed by atoms with van der Waals surface area (Å²) in [6, 6.07) is 7.07. The lowest BCUT2D eigenvalue weighted by Crippen LogP contribution is -2.48. The summed E-state index contributed by atoms with van der Waals surface area (Å²) in [6.45, 7) is 5.39. The predicted octanol–water partition coefficient (Wildman–Crippen LogP) is 2.42. The Morgan fingerprint density at radius 3 is 2.46 bits per heavy atom. The molecule has 0 bridgehead atoms. The van der Waals surface area contributed by atoms with Crippen molar-refractivity contribution >= 4 is 11.9 Å². The minimum atomic E-state index is -0.994. The molecule has 1 aliphatic rings. The lowest BCUT2D eigenvalue weighted by molar-refractivity contribution is -0.145. The van der Waals surface area contributed by atoms with Crippen molar-refractivity contribution in [2.75, 3.05) is 13.2 Å². The standard InChI is InChI=1S/C19H27NO4/c1-13(2)10-14-5-7-15(8-6-14)11-17(21)20-18(19(22)23)16-4-3-9-24-12-16/h5-8,13,16,18H,3-4,9-12H2,1-2H3,(H,20,21)(H,22,23). The summed E-state index contributed by atoms with van der Waals surface area (Å²) in [5.74, 6) is -0.822. The van der Waals surface area contributed by atoms with Crippen LogP contribution in [0, 0.1) is 11.8 Å². The lowest BCUT2D eigenvalue weighted by atomic mass is 9.93. The summed E-state index contributed by atoms with van der Waals surface area (Å²) in [7, 11) is 0. The van der Waals surface area contributed by atoms with Gasteiger partial charge in [0.15, 0.2) is 0 Å². The van der Waals surface area contributed by atoms with E-state index in [0.29, 0.717) is 19.1 Å². The second-order valence-corrected chi connectivity index (χ2v) is 6.95. The first-order valence-corrected chi connectivity index (χ1v) is 8.63. The van der Waals surface area contributed by atoms with E-state index in [0.717, 1.165) is 24.8 Å². The summed E-state index contributed by atoms with van der Waals surface area (Å²) < 4.78 is 5.34. The number of rotatable bonds is 7. The number of aliphatic carboxylic acids is 1. The Morgan fingerprint density at radius 1 is 1.25 bits per heavy atom.